The van der Waals surface area contributed by atoms with Gasteiger partial charge < -0.3 is 4.98 Å². The summed E-state index contributed by atoms with van der Waals surface area (Å²) in [5.74, 6) is 0. The molecule has 2 aromatic heterocycles. The van der Waals surface area contributed by atoms with Crippen molar-refractivity contribution in [2.75, 3.05) is 4.72 Å². The zero-order valence-electron chi connectivity index (χ0n) is 9.42. The minimum atomic E-state index is -3.53. The molecule has 3 rings (SSSR count). The molecule has 0 bridgehead atoms. The highest BCUT2D eigenvalue weighted by Gasteiger charge is 2.15. The molecule has 0 saturated carbocycles. The van der Waals surface area contributed by atoms with Crippen LogP contribution in [0.2, 0.25) is 5.28 Å². The summed E-state index contributed by atoms with van der Waals surface area (Å²) in [6, 6.07) is 8.24. The van der Waals surface area contributed by atoms with Crippen LogP contribution in [0.15, 0.2) is 39.9 Å². The molecule has 2 N–H and O–H groups in total. The van der Waals surface area contributed by atoms with Crippen molar-refractivity contribution in [3.8, 4) is 0 Å². The van der Waals surface area contributed by atoms with Gasteiger partial charge in [0.1, 0.15) is 4.21 Å². The van der Waals surface area contributed by atoms with Crippen LogP contribution in [0, 0.1) is 0 Å². The number of nitrogens with one attached hydrogen (secondary N) is 2. The number of fused-ring (bicyclic) bond motifs is 1. The number of H-pyrrole nitrogens is 1. The molecule has 98 valence electrons. The number of nitrogens with zero attached hydrogens (tertiary/aromatic N) is 1. The highest BCUT2D eigenvalue weighted by atomic mass is 35.5. The summed E-state index contributed by atoms with van der Waals surface area (Å²) in [5.41, 5.74) is 1.82. The third-order valence-corrected chi connectivity index (χ3v) is 5.42. The van der Waals surface area contributed by atoms with E-state index in [4.69, 9.17) is 11.6 Å². The number of thiophene rings is 1. The van der Waals surface area contributed by atoms with E-state index in [1.54, 1.807) is 35.7 Å². The second kappa shape index (κ2) is 4.52. The summed E-state index contributed by atoms with van der Waals surface area (Å²) in [6.45, 7) is 0. The summed E-state index contributed by atoms with van der Waals surface area (Å²) in [6.07, 6.45) is 0. The van der Waals surface area contributed by atoms with Gasteiger partial charge in [-0.15, -0.1) is 11.3 Å². The first-order chi connectivity index (χ1) is 9.04. The van der Waals surface area contributed by atoms with Crippen LogP contribution in [0.5, 0.6) is 0 Å². The van der Waals surface area contributed by atoms with E-state index in [1.165, 1.54) is 11.3 Å². The van der Waals surface area contributed by atoms with Gasteiger partial charge in [0.15, 0.2) is 0 Å². The van der Waals surface area contributed by atoms with E-state index in [2.05, 4.69) is 14.7 Å². The van der Waals surface area contributed by atoms with Gasteiger partial charge in [-0.05, 0) is 41.2 Å². The molecule has 0 spiro atoms. The fourth-order valence-corrected chi connectivity index (χ4v) is 3.90. The van der Waals surface area contributed by atoms with Crippen molar-refractivity contribution in [1.29, 1.82) is 0 Å². The van der Waals surface area contributed by atoms with E-state index in [0.717, 1.165) is 0 Å². The lowest BCUT2D eigenvalue weighted by Crippen LogP contribution is -2.11. The van der Waals surface area contributed by atoms with Crippen LogP contribution in [0.4, 0.5) is 5.69 Å². The van der Waals surface area contributed by atoms with Gasteiger partial charge in [0.25, 0.3) is 10.0 Å². The number of imidazole rings is 1. The van der Waals surface area contributed by atoms with Crippen LogP contribution in [0.3, 0.4) is 0 Å². The summed E-state index contributed by atoms with van der Waals surface area (Å²) >= 11 is 6.91. The Morgan fingerprint density at radius 1 is 1.32 bits per heavy atom. The van der Waals surface area contributed by atoms with Gasteiger partial charge in [-0.3, -0.25) is 4.72 Å². The molecule has 0 unspecified atom stereocenters. The highest BCUT2D eigenvalue weighted by Crippen LogP contribution is 2.23. The van der Waals surface area contributed by atoms with Crippen LogP contribution in [0.1, 0.15) is 0 Å². The molecule has 19 heavy (non-hydrogen) atoms. The van der Waals surface area contributed by atoms with Gasteiger partial charge in [-0.25, -0.2) is 13.4 Å². The van der Waals surface area contributed by atoms with E-state index in [0.29, 0.717) is 16.7 Å². The number of hydrogen-bond acceptors (Lipinski definition) is 4. The lowest BCUT2D eigenvalue weighted by atomic mass is 10.3. The van der Waals surface area contributed by atoms with Crippen LogP contribution in [-0.4, -0.2) is 18.4 Å². The maximum Gasteiger partial charge on any atom is 0.271 e. The average Bonchev–Trinajstić information content (AvgIpc) is 2.95. The Kier molecular flexibility index (Phi) is 2.96. The highest BCUT2D eigenvalue weighted by molar-refractivity contribution is 7.94. The minimum Gasteiger partial charge on any atom is -0.329 e. The molecular formula is C11H8ClN3O2S2. The first-order valence-electron chi connectivity index (χ1n) is 5.26. The summed E-state index contributed by atoms with van der Waals surface area (Å²) in [4.78, 5) is 6.88. The van der Waals surface area contributed by atoms with Crippen LogP contribution >= 0.6 is 22.9 Å². The number of hydrogen-bond donors (Lipinski definition) is 2. The van der Waals surface area contributed by atoms with Crippen molar-refractivity contribution in [3.05, 3.63) is 41.0 Å². The Bertz CT molecular complexity index is 825. The molecule has 0 fully saturated rings. The van der Waals surface area contributed by atoms with E-state index in [1.807, 2.05) is 0 Å². The number of halogens is 1. The molecule has 3 aromatic rings. The number of benzene rings is 1. The third kappa shape index (κ3) is 2.44. The van der Waals surface area contributed by atoms with Crippen molar-refractivity contribution in [3.63, 3.8) is 0 Å². The molecule has 8 heteroatoms. The summed E-state index contributed by atoms with van der Waals surface area (Å²) in [7, 11) is -3.53. The minimum absolute atomic E-state index is 0.272. The molecule has 0 aliphatic rings. The maximum atomic E-state index is 12.1. The Morgan fingerprint density at radius 2 is 2.16 bits per heavy atom. The molecule has 0 aliphatic heterocycles. The van der Waals surface area contributed by atoms with Gasteiger partial charge in [-0.2, -0.15) is 0 Å². The quantitative estimate of drug-likeness (QED) is 0.780. The van der Waals surface area contributed by atoms with Crippen LogP contribution in [0.25, 0.3) is 11.0 Å². The normalized spacial score (nSPS) is 11.8. The van der Waals surface area contributed by atoms with E-state index >= 15 is 0 Å². The third-order valence-electron chi connectivity index (χ3n) is 2.47. The molecule has 0 aliphatic carbocycles. The molecule has 2 heterocycles. The largest absolute Gasteiger partial charge is 0.329 e. The second-order valence-electron chi connectivity index (χ2n) is 3.80. The van der Waals surface area contributed by atoms with Crippen molar-refractivity contribution < 1.29 is 8.42 Å². The fourth-order valence-electron chi connectivity index (χ4n) is 1.66. The van der Waals surface area contributed by atoms with Crippen molar-refractivity contribution >= 4 is 49.7 Å². The summed E-state index contributed by atoms with van der Waals surface area (Å²) in [5, 5.41) is 1.99. The number of anilines is 1. The summed E-state index contributed by atoms with van der Waals surface area (Å²) < 4.78 is 26.9. The van der Waals surface area contributed by atoms with Crippen LogP contribution in [-0.2, 0) is 10.0 Å². The van der Waals surface area contributed by atoms with Gasteiger partial charge in [0.2, 0.25) is 5.28 Å². The van der Waals surface area contributed by atoms with Gasteiger partial charge in [0.05, 0.1) is 16.7 Å². The predicted octanol–water partition coefficient (Wildman–Crippen LogP) is 3.08. The zero-order chi connectivity index (χ0) is 13.5. The van der Waals surface area contributed by atoms with Gasteiger partial charge in [0, 0.05) is 0 Å². The molecule has 1 aromatic carbocycles. The topological polar surface area (TPSA) is 74.8 Å². The second-order valence-corrected chi connectivity index (χ2v) is 7.01. The fraction of sp³-hybridized carbons (Fsp3) is 0. The molecule has 0 saturated heterocycles. The maximum absolute atomic E-state index is 12.1. The molecule has 0 amide bonds. The Balaban J connectivity index is 1.97. The SMILES string of the molecule is O=S(=O)(Nc1ccc2nc(Cl)[nH]c2c1)c1cccs1. The van der Waals surface area contributed by atoms with E-state index < -0.39 is 10.0 Å². The smallest absolute Gasteiger partial charge is 0.271 e. The molecule has 5 nitrogen and oxygen atoms in total. The van der Waals surface area contributed by atoms with Gasteiger partial charge in [-0.1, -0.05) is 6.07 Å². The first kappa shape index (κ1) is 12.5. The van der Waals surface area contributed by atoms with E-state index in [-0.39, 0.29) is 9.49 Å². The first-order valence-corrected chi connectivity index (χ1v) is 8.00. The van der Waals surface area contributed by atoms with Crippen molar-refractivity contribution in [1.82, 2.24) is 9.97 Å². The monoisotopic (exact) mass is 313 g/mol. The Morgan fingerprint density at radius 3 is 2.89 bits per heavy atom. The number of sulfonamides is 1. The molecule has 0 radical (unpaired) electrons. The van der Waals surface area contributed by atoms with Crippen LogP contribution < -0.4 is 4.72 Å². The number of aromatic nitrogens is 2. The number of rotatable bonds is 3. The number of aromatic amines is 1. The zero-order valence-corrected chi connectivity index (χ0v) is 11.8. The lowest BCUT2D eigenvalue weighted by molar-refractivity contribution is 0.603. The van der Waals surface area contributed by atoms with Gasteiger partial charge >= 0.3 is 0 Å². The Hall–Kier alpha value is -1.57. The molecular weight excluding hydrogens is 306 g/mol. The Labute approximate surface area is 118 Å². The van der Waals surface area contributed by atoms with Crippen molar-refractivity contribution in [2.45, 2.75) is 4.21 Å². The standard InChI is InChI=1S/C11H8ClN3O2S2/c12-11-13-8-4-3-7(6-9(8)14-11)15-19(16,17)10-2-1-5-18-10/h1-6,15H,(H,13,14). The lowest BCUT2D eigenvalue weighted by Gasteiger charge is -2.05. The predicted molar refractivity (Wildman–Crippen MR) is 76.2 cm³/mol. The molecule has 0 atom stereocenters. The average molecular weight is 314 g/mol. The van der Waals surface area contributed by atoms with E-state index in [9.17, 15) is 8.42 Å². The van der Waals surface area contributed by atoms with Crippen molar-refractivity contribution in [2.24, 2.45) is 0 Å².